The lowest BCUT2D eigenvalue weighted by Gasteiger charge is -2.25. The number of aliphatic hydroxyl groups is 1. The summed E-state index contributed by atoms with van der Waals surface area (Å²) < 4.78 is 19.8. The highest BCUT2D eigenvalue weighted by atomic mass is 33.1. The summed E-state index contributed by atoms with van der Waals surface area (Å²) in [5.74, 6) is -0.964. The molecule has 12 nitrogen and oxygen atoms in total. The maximum Gasteiger partial charge on any atom is 0.508 e. The minimum Gasteiger partial charge on any atom is -0.434 e. The van der Waals surface area contributed by atoms with Gasteiger partial charge in [0.25, 0.3) is 11.8 Å². The van der Waals surface area contributed by atoms with Gasteiger partial charge in [0.1, 0.15) is 19.8 Å². The SMILES string of the molecule is O=C(CCOC(=O)OCC1(COC(=O)OCCCO)CSSC1)ON1C(=O)CCC1=O. The van der Waals surface area contributed by atoms with Gasteiger partial charge in [0, 0.05) is 37.4 Å². The fourth-order valence-electron chi connectivity index (χ4n) is 2.33. The minimum atomic E-state index is -1.02. The van der Waals surface area contributed by atoms with Crippen LogP contribution >= 0.6 is 21.6 Å². The van der Waals surface area contributed by atoms with E-state index in [-0.39, 0.29) is 52.3 Å². The van der Waals surface area contributed by atoms with Gasteiger partial charge in [0.2, 0.25) is 0 Å². The van der Waals surface area contributed by atoms with Crippen LogP contribution in [-0.4, -0.2) is 84.8 Å². The second kappa shape index (κ2) is 12.6. The standard InChI is InChI=1S/C17H23NO11S2/c19-5-1-6-25-15(23)27-8-17(10-30-31-11-17)9-28-16(24)26-7-4-14(22)29-18-12(20)2-3-13(18)21/h19H,1-11H2. The second-order valence-corrected chi connectivity index (χ2v) is 9.13. The monoisotopic (exact) mass is 481 g/mol. The maximum absolute atomic E-state index is 11.8. The summed E-state index contributed by atoms with van der Waals surface area (Å²) in [6, 6.07) is 0. The highest BCUT2D eigenvalue weighted by Gasteiger charge is 2.39. The van der Waals surface area contributed by atoms with Crippen LogP contribution in [0.3, 0.4) is 0 Å². The van der Waals surface area contributed by atoms with Crippen molar-refractivity contribution in [3.63, 3.8) is 0 Å². The third-order valence-electron chi connectivity index (χ3n) is 4.05. The van der Waals surface area contributed by atoms with Crippen LogP contribution in [0, 0.1) is 5.41 Å². The first-order valence-corrected chi connectivity index (χ1v) is 11.8. The van der Waals surface area contributed by atoms with Gasteiger partial charge >= 0.3 is 18.3 Å². The molecule has 0 atom stereocenters. The average molecular weight is 482 g/mol. The number of ether oxygens (including phenoxy) is 4. The molecule has 0 spiro atoms. The predicted molar refractivity (Wildman–Crippen MR) is 105 cm³/mol. The number of carbonyl (C=O) groups is 5. The normalized spacial score (nSPS) is 17.4. The first-order chi connectivity index (χ1) is 14.8. The molecule has 0 aliphatic carbocycles. The Kier molecular flexibility index (Phi) is 10.2. The predicted octanol–water partition coefficient (Wildman–Crippen LogP) is 1.05. The minimum absolute atomic E-state index is 0.0165. The van der Waals surface area contributed by atoms with Crippen molar-refractivity contribution in [2.75, 3.05) is 44.5 Å². The smallest absolute Gasteiger partial charge is 0.434 e. The third-order valence-corrected chi connectivity index (χ3v) is 6.89. The van der Waals surface area contributed by atoms with Crippen LogP contribution in [0.4, 0.5) is 9.59 Å². The third kappa shape index (κ3) is 8.45. The zero-order valence-corrected chi connectivity index (χ0v) is 18.2. The van der Waals surface area contributed by atoms with Crippen LogP contribution in [0.1, 0.15) is 25.7 Å². The lowest BCUT2D eigenvalue weighted by Crippen LogP contribution is -2.37. The van der Waals surface area contributed by atoms with Crippen LogP contribution in [0.2, 0.25) is 0 Å². The van der Waals surface area contributed by atoms with E-state index in [1.165, 1.54) is 0 Å². The van der Waals surface area contributed by atoms with Crippen molar-refractivity contribution < 1.29 is 52.9 Å². The fraction of sp³-hybridized carbons (Fsp3) is 0.706. The highest BCUT2D eigenvalue weighted by Crippen LogP contribution is 2.43. The van der Waals surface area contributed by atoms with Gasteiger partial charge in [-0.3, -0.25) is 9.59 Å². The lowest BCUT2D eigenvalue weighted by molar-refractivity contribution is -0.198. The van der Waals surface area contributed by atoms with Crippen molar-refractivity contribution in [1.29, 1.82) is 0 Å². The number of rotatable bonds is 11. The zero-order valence-electron chi connectivity index (χ0n) is 16.6. The van der Waals surface area contributed by atoms with Crippen molar-refractivity contribution in [3.05, 3.63) is 0 Å². The van der Waals surface area contributed by atoms with Crippen LogP contribution < -0.4 is 0 Å². The van der Waals surface area contributed by atoms with E-state index in [0.29, 0.717) is 23.0 Å². The van der Waals surface area contributed by atoms with Gasteiger partial charge in [-0.2, -0.15) is 0 Å². The van der Waals surface area contributed by atoms with Crippen molar-refractivity contribution in [2.24, 2.45) is 5.41 Å². The molecule has 2 aliphatic rings. The number of hydrogen-bond acceptors (Lipinski definition) is 13. The number of amides is 2. The molecule has 14 heteroatoms. The van der Waals surface area contributed by atoms with E-state index in [1.54, 1.807) is 21.6 Å². The average Bonchev–Trinajstić information content (AvgIpc) is 3.34. The Bertz CT molecular complexity index is 665. The highest BCUT2D eigenvalue weighted by molar-refractivity contribution is 8.77. The Labute approximate surface area is 185 Å². The molecule has 2 amide bonds. The number of nitrogens with zero attached hydrogens (tertiary/aromatic N) is 1. The number of aliphatic hydroxyl groups excluding tert-OH is 1. The Morgan fingerprint density at radius 1 is 0.903 bits per heavy atom. The molecule has 0 radical (unpaired) electrons. The molecule has 0 aromatic rings. The van der Waals surface area contributed by atoms with Gasteiger partial charge in [-0.05, 0) is 0 Å². The fourth-order valence-corrected chi connectivity index (χ4v) is 5.67. The van der Waals surface area contributed by atoms with E-state index in [9.17, 15) is 24.0 Å². The van der Waals surface area contributed by atoms with Crippen LogP contribution in [0.25, 0.3) is 0 Å². The van der Waals surface area contributed by atoms with E-state index in [2.05, 4.69) is 4.84 Å². The van der Waals surface area contributed by atoms with E-state index in [1.807, 2.05) is 0 Å². The summed E-state index contributed by atoms with van der Waals surface area (Å²) >= 11 is 0. The number of imide groups is 1. The second-order valence-electron chi connectivity index (χ2n) is 6.67. The quantitative estimate of drug-likeness (QED) is 0.194. The Morgan fingerprint density at radius 3 is 2.00 bits per heavy atom. The van der Waals surface area contributed by atoms with E-state index in [0.717, 1.165) is 0 Å². The van der Waals surface area contributed by atoms with Crippen LogP contribution in [0.15, 0.2) is 0 Å². The van der Waals surface area contributed by atoms with Gasteiger partial charge in [-0.1, -0.05) is 21.6 Å². The zero-order chi connectivity index (χ0) is 22.7. The molecule has 0 bridgehead atoms. The molecule has 2 saturated heterocycles. The molecule has 0 saturated carbocycles. The lowest BCUT2D eigenvalue weighted by atomic mass is 9.95. The van der Waals surface area contributed by atoms with Gasteiger partial charge in [0.05, 0.1) is 18.4 Å². The molecule has 2 rings (SSSR count). The maximum atomic E-state index is 11.8. The van der Waals surface area contributed by atoms with Gasteiger partial charge in [-0.25, -0.2) is 14.4 Å². The number of carbonyl (C=O) groups excluding carboxylic acids is 5. The topological polar surface area (TPSA) is 155 Å². The van der Waals surface area contributed by atoms with E-state index >= 15 is 0 Å². The van der Waals surface area contributed by atoms with Crippen LogP contribution in [-0.2, 0) is 38.2 Å². The molecule has 2 aliphatic heterocycles. The summed E-state index contributed by atoms with van der Waals surface area (Å²) in [7, 11) is 3.08. The van der Waals surface area contributed by atoms with Crippen molar-refractivity contribution in [2.45, 2.75) is 25.7 Å². The molecular weight excluding hydrogens is 458 g/mol. The molecule has 0 aromatic carbocycles. The first kappa shape index (κ1) is 25.1. The van der Waals surface area contributed by atoms with Crippen molar-refractivity contribution in [3.8, 4) is 0 Å². The molecule has 0 aromatic heterocycles. The molecular formula is C17H23NO11S2. The molecule has 2 fully saturated rings. The molecule has 2 heterocycles. The number of hydroxylamine groups is 2. The summed E-state index contributed by atoms with van der Waals surface area (Å²) in [6.45, 7) is -0.526. The van der Waals surface area contributed by atoms with Gasteiger partial charge in [-0.15, -0.1) is 5.06 Å². The van der Waals surface area contributed by atoms with Gasteiger partial charge < -0.3 is 28.9 Å². The molecule has 1 N–H and O–H groups in total. The van der Waals surface area contributed by atoms with E-state index in [4.69, 9.17) is 24.1 Å². The van der Waals surface area contributed by atoms with Crippen molar-refractivity contribution >= 4 is 51.7 Å². The Balaban J connectivity index is 1.65. The van der Waals surface area contributed by atoms with E-state index < -0.39 is 35.5 Å². The largest absolute Gasteiger partial charge is 0.508 e. The Morgan fingerprint density at radius 2 is 1.45 bits per heavy atom. The molecule has 174 valence electrons. The van der Waals surface area contributed by atoms with Crippen LogP contribution in [0.5, 0.6) is 0 Å². The summed E-state index contributed by atoms with van der Waals surface area (Å²) in [5, 5.41) is 9.08. The first-order valence-electron chi connectivity index (χ1n) is 9.36. The van der Waals surface area contributed by atoms with Crippen molar-refractivity contribution in [1.82, 2.24) is 5.06 Å². The summed E-state index contributed by atoms with van der Waals surface area (Å²) in [4.78, 5) is 62.4. The summed E-state index contributed by atoms with van der Waals surface area (Å²) in [6.07, 6.45) is -1.99. The molecule has 31 heavy (non-hydrogen) atoms. The Hall–Kier alpha value is -2.19. The van der Waals surface area contributed by atoms with Gasteiger partial charge in [0.15, 0.2) is 0 Å². The summed E-state index contributed by atoms with van der Waals surface area (Å²) in [5.41, 5.74) is -0.611. The number of hydrogen-bond donors (Lipinski definition) is 1. The molecule has 0 unspecified atom stereocenters.